The van der Waals surface area contributed by atoms with E-state index in [0.717, 1.165) is 24.7 Å². The molecule has 0 N–H and O–H groups in total. The molecule has 0 aliphatic heterocycles. The molecular formula is C17H30BrNO. The van der Waals surface area contributed by atoms with E-state index in [2.05, 4.69) is 20.8 Å². The molecular weight excluding hydrogens is 314 g/mol. The molecule has 0 bridgehead atoms. The molecule has 2 saturated carbocycles. The average Bonchev–Trinajstić information content (AvgIpc) is 2.45. The summed E-state index contributed by atoms with van der Waals surface area (Å²) in [4.78, 5) is 15.2. The highest BCUT2D eigenvalue weighted by Crippen LogP contribution is 2.28. The molecule has 0 unspecified atom stereocenters. The Hall–Kier alpha value is -0.0500. The third-order valence-corrected chi connectivity index (χ3v) is 5.43. The average molecular weight is 344 g/mol. The van der Waals surface area contributed by atoms with Crippen molar-refractivity contribution in [3.63, 3.8) is 0 Å². The lowest BCUT2D eigenvalue weighted by Crippen LogP contribution is -2.45. The van der Waals surface area contributed by atoms with Crippen LogP contribution in [0.15, 0.2) is 0 Å². The van der Waals surface area contributed by atoms with E-state index in [4.69, 9.17) is 0 Å². The predicted octanol–water partition coefficient (Wildman–Crippen LogP) is 4.90. The van der Waals surface area contributed by atoms with Gasteiger partial charge in [0.2, 0.25) is 5.91 Å². The van der Waals surface area contributed by atoms with Crippen molar-refractivity contribution in [1.82, 2.24) is 4.90 Å². The number of carbonyl (C=O) groups is 1. The zero-order valence-corrected chi connectivity index (χ0v) is 14.4. The monoisotopic (exact) mass is 343 g/mol. The summed E-state index contributed by atoms with van der Waals surface area (Å²) in [6, 6.07) is 0.527. The van der Waals surface area contributed by atoms with Crippen LogP contribution in [-0.2, 0) is 4.79 Å². The summed E-state index contributed by atoms with van der Waals surface area (Å²) in [5.74, 6) is 0.787. The van der Waals surface area contributed by atoms with Crippen LogP contribution in [0.1, 0.15) is 77.0 Å². The molecule has 2 fully saturated rings. The van der Waals surface area contributed by atoms with Gasteiger partial charge in [0.1, 0.15) is 0 Å². The molecule has 0 aromatic carbocycles. The van der Waals surface area contributed by atoms with Gasteiger partial charge < -0.3 is 4.90 Å². The van der Waals surface area contributed by atoms with Crippen LogP contribution >= 0.6 is 15.9 Å². The number of hydrogen-bond donors (Lipinski definition) is 0. The van der Waals surface area contributed by atoms with Crippen molar-refractivity contribution >= 4 is 21.8 Å². The molecule has 0 saturated heterocycles. The van der Waals surface area contributed by atoms with Crippen LogP contribution in [0, 0.1) is 5.92 Å². The maximum absolute atomic E-state index is 13.0. The molecule has 0 aromatic heterocycles. The van der Waals surface area contributed by atoms with E-state index < -0.39 is 0 Å². The van der Waals surface area contributed by atoms with Crippen molar-refractivity contribution in [1.29, 1.82) is 0 Å². The number of hydrogen-bond acceptors (Lipinski definition) is 1. The molecule has 1 amide bonds. The Labute approximate surface area is 132 Å². The summed E-state index contributed by atoms with van der Waals surface area (Å²) in [7, 11) is 0. The van der Waals surface area contributed by atoms with Crippen molar-refractivity contribution < 1.29 is 4.79 Å². The van der Waals surface area contributed by atoms with Crippen molar-refractivity contribution in [3.05, 3.63) is 0 Å². The van der Waals surface area contributed by atoms with Crippen LogP contribution < -0.4 is 0 Å². The topological polar surface area (TPSA) is 20.3 Å². The standard InChI is InChI=1S/C17H30BrNO/c18-13-14-19(16-11-7-4-8-12-16)17(20)15-9-5-2-1-3-6-10-15/h15-16H,1-14H2. The van der Waals surface area contributed by atoms with Gasteiger partial charge in [-0.25, -0.2) is 0 Å². The molecule has 2 aliphatic carbocycles. The summed E-state index contributed by atoms with van der Waals surface area (Å²) >= 11 is 3.54. The number of rotatable bonds is 4. The SMILES string of the molecule is O=C(C1CCCCCCC1)N(CCBr)C1CCCCC1. The number of nitrogens with zero attached hydrogens (tertiary/aromatic N) is 1. The van der Waals surface area contributed by atoms with E-state index in [0.29, 0.717) is 17.9 Å². The summed E-state index contributed by atoms with van der Waals surface area (Å²) < 4.78 is 0. The Bertz CT molecular complexity index is 281. The third-order valence-electron chi connectivity index (χ3n) is 5.08. The lowest BCUT2D eigenvalue weighted by Gasteiger charge is -2.36. The normalized spacial score (nSPS) is 23.1. The zero-order chi connectivity index (χ0) is 14.2. The van der Waals surface area contributed by atoms with Gasteiger partial charge in [0, 0.05) is 23.8 Å². The second-order valence-corrected chi connectivity index (χ2v) is 7.35. The predicted molar refractivity (Wildman–Crippen MR) is 88.2 cm³/mol. The largest absolute Gasteiger partial charge is 0.339 e. The lowest BCUT2D eigenvalue weighted by molar-refractivity contribution is -0.139. The highest BCUT2D eigenvalue weighted by atomic mass is 79.9. The second kappa shape index (κ2) is 9.07. The Morgan fingerprint density at radius 1 is 0.850 bits per heavy atom. The summed E-state index contributed by atoms with van der Waals surface area (Å²) in [5.41, 5.74) is 0. The first-order chi connectivity index (χ1) is 9.83. The highest BCUT2D eigenvalue weighted by Gasteiger charge is 2.29. The van der Waals surface area contributed by atoms with E-state index in [1.807, 2.05) is 0 Å². The molecule has 0 aromatic rings. The van der Waals surface area contributed by atoms with E-state index in [9.17, 15) is 4.79 Å². The van der Waals surface area contributed by atoms with E-state index in [-0.39, 0.29) is 0 Å². The van der Waals surface area contributed by atoms with Gasteiger partial charge in [0.25, 0.3) is 0 Å². The quantitative estimate of drug-likeness (QED) is 0.664. The molecule has 3 heteroatoms. The second-order valence-electron chi connectivity index (χ2n) is 6.55. The summed E-state index contributed by atoms with van der Waals surface area (Å²) in [5, 5.41) is 0.919. The number of alkyl halides is 1. The molecule has 0 spiro atoms. The van der Waals surface area contributed by atoms with Crippen LogP contribution in [0.2, 0.25) is 0 Å². The number of carbonyl (C=O) groups excluding carboxylic acids is 1. The van der Waals surface area contributed by atoms with Gasteiger partial charge in [-0.2, -0.15) is 0 Å². The fourth-order valence-electron chi connectivity index (χ4n) is 3.89. The van der Waals surface area contributed by atoms with E-state index >= 15 is 0 Å². The summed E-state index contributed by atoms with van der Waals surface area (Å²) in [6.07, 6.45) is 15.2. The van der Waals surface area contributed by atoms with Crippen molar-refractivity contribution in [2.75, 3.05) is 11.9 Å². The van der Waals surface area contributed by atoms with Gasteiger partial charge in [-0.05, 0) is 25.7 Å². The molecule has 0 heterocycles. The summed E-state index contributed by atoms with van der Waals surface area (Å²) in [6.45, 7) is 0.903. The van der Waals surface area contributed by atoms with Crippen molar-refractivity contribution in [3.8, 4) is 0 Å². The molecule has 116 valence electrons. The molecule has 2 rings (SSSR count). The Morgan fingerprint density at radius 3 is 1.95 bits per heavy atom. The fraction of sp³-hybridized carbons (Fsp3) is 0.941. The third kappa shape index (κ3) is 4.75. The fourth-order valence-corrected chi connectivity index (χ4v) is 4.28. The van der Waals surface area contributed by atoms with Crippen molar-refractivity contribution in [2.24, 2.45) is 5.92 Å². The van der Waals surface area contributed by atoms with Gasteiger partial charge in [0.05, 0.1) is 0 Å². The Morgan fingerprint density at radius 2 is 1.35 bits per heavy atom. The van der Waals surface area contributed by atoms with Crippen LogP contribution in [0.4, 0.5) is 0 Å². The van der Waals surface area contributed by atoms with Crippen LogP contribution in [0.5, 0.6) is 0 Å². The van der Waals surface area contributed by atoms with Crippen LogP contribution in [-0.4, -0.2) is 28.7 Å². The van der Waals surface area contributed by atoms with Crippen molar-refractivity contribution in [2.45, 2.75) is 83.1 Å². The molecule has 20 heavy (non-hydrogen) atoms. The van der Waals surface area contributed by atoms with Crippen LogP contribution in [0.25, 0.3) is 0 Å². The van der Waals surface area contributed by atoms with Gasteiger partial charge in [0.15, 0.2) is 0 Å². The first kappa shape index (κ1) is 16.3. The Balaban J connectivity index is 1.96. The van der Waals surface area contributed by atoms with Gasteiger partial charge in [-0.15, -0.1) is 0 Å². The van der Waals surface area contributed by atoms with Gasteiger partial charge >= 0.3 is 0 Å². The minimum Gasteiger partial charge on any atom is -0.339 e. The van der Waals surface area contributed by atoms with E-state index in [1.165, 1.54) is 64.2 Å². The molecule has 0 atom stereocenters. The number of amides is 1. The van der Waals surface area contributed by atoms with E-state index in [1.54, 1.807) is 0 Å². The van der Waals surface area contributed by atoms with Gasteiger partial charge in [-0.1, -0.05) is 67.3 Å². The maximum atomic E-state index is 13.0. The van der Waals surface area contributed by atoms with Crippen LogP contribution in [0.3, 0.4) is 0 Å². The minimum atomic E-state index is 0.316. The number of halogens is 1. The highest BCUT2D eigenvalue weighted by molar-refractivity contribution is 9.09. The zero-order valence-electron chi connectivity index (χ0n) is 12.8. The maximum Gasteiger partial charge on any atom is 0.225 e. The Kier molecular flexibility index (Phi) is 7.40. The molecule has 2 aliphatic rings. The smallest absolute Gasteiger partial charge is 0.225 e. The molecule has 2 nitrogen and oxygen atoms in total. The first-order valence-corrected chi connectivity index (χ1v) is 9.81. The van der Waals surface area contributed by atoms with Gasteiger partial charge in [-0.3, -0.25) is 4.79 Å². The first-order valence-electron chi connectivity index (χ1n) is 8.69. The minimum absolute atomic E-state index is 0.316. The molecule has 0 radical (unpaired) electrons. The lowest BCUT2D eigenvalue weighted by atomic mass is 9.88.